The summed E-state index contributed by atoms with van der Waals surface area (Å²) >= 11 is 1.03. The van der Waals surface area contributed by atoms with Gasteiger partial charge in [-0.2, -0.15) is 8.75 Å². The molecule has 17 heavy (non-hydrogen) atoms. The molecule has 0 atom stereocenters. The van der Waals surface area contributed by atoms with Crippen molar-refractivity contribution >= 4 is 29.3 Å². The van der Waals surface area contributed by atoms with Crippen LogP contribution in [-0.2, 0) is 0 Å². The Kier molecular flexibility index (Phi) is 3.51. The van der Waals surface area contributed by atoms with E-state index in [1.165, 1.54) is 6.20 Å². The number of benzene rings is 1. The fraction of sp³-hybridized carbons (Fsp3) is 0.100. The maximum Gasteiger partial charge on any atom is 0.324 e. The second-order valence-corrected chi connectivity index (χ2v) is 3.66. The van der Waals surface area contributed by atoms with Crippen LogP contribution in [0.5, 0.6) is 5.75 Å². The van der Waals surface area contributed by atoms with Crippen LogP contribution in [0.3, 0.4) is 0 Å². The van der Waals surface area contributed by atoms with Gasteiger partial charge in [0.15, 0.2) is 5.82 Å². The molecule has 0 spiro atoms. The van der Waals surface area contributed by atoms with Gasteiger partial charge >= 0.3 is 6.03 Å². The predicted octanol–water partition coefficient (Wildman–Crippen LogP) is 2.19. The minimum atomic E-state index is -0.369. The van der Waals surface area contributed by atoms with Crippen molar-refractivity contribution in [3.8, 4) is 5.75 Å². The van der Waals surface area contributed by atoms with Gasteiger partial charge in [0.2, 0.25) is 0 Å². The first kappa shape index (κ1) is 11.3. The van der Waals surface area contributed by atoms with Crippen LogP contribution in [0.2, 0.25) is 0 Å². The summed E-state index contributed by atoms with van der Waals surface area (Å²) in [7, 11) is 1.57. The summed E-state index contributed by atoms with van der Waals surface area (Å²) in [5.41, 5.74) is 0.644. The molecule has 0 bridgehead atoms. The van der Waals surface area contributed by atoms with Crippen LogP contribution in [0.25, 0.3) is 0 Å². The van der Waals surface area contributed by atoms with Crippen LogP contribution in [-0.4, -0.2) is 21.9 Å². The second-order valence-electron chi connectivity index (χ2n) is 3.10. The van der Waals surface area contributed by atoms with Crippen molar-refractivity contribution in [1.82, 2.24) is 8.75 Å². The smallest absolute Gasteiger partial charge is 0.324 e. The van der Waals surface area contributed by atoms with Gasteiger partial charge in [-0.15, -0.1) is 0 Å². The Morgan fingerprint density at radius 2 is 2.29 bits per heavy atom. The van der Waals surface area contributed by atoms with Crippen LogP contribution >= 0.6 is 11.7 Å². The van der Waals surface area contributed by atoms with Gasteiger partial charge in [-0.3, -0.25) is 5.32 Å². The lowest BCUT2D eigenvalue weighted by Crippen LogP contribution is -2.19. The van der Waals surface area contributed by atoms with Crippen molar-refractivity contribution in [3.05, 3.63) is 30.5 Å². The zero-order chi connectivity index (χ0) is 12.1. The Bertz CT molecular complexity index is 501. The number of anilines is 2. The molecule has 0 fully saturated rings. The number of carbonyl (C=O) groups is 1. The van der Waals surface area contributed by atoms with Crippen LogP contribution < -0.4 is 15.4 Å². The first-order chi connectivity index (χ1) is 8.28. The number of hydrogen-bond donors (Lipinski definition) is 2. The lowest BCUT2D eigenvalue weighted by atomic mass is 10.3. The van der Waals surface area contributed by atoms with Gasteiger partial charge in [0, 0.05) is 11.8 Å². The number of hydrogen-bond acceptors (Lipinski definition) is 5. The van der Waals surface area contributed by atoms with E-state index in [-0.39, 0.29) is 6.03 Å². The standard InChI is InChI=1S/C10H10N4O2S/c1-16-8-4-2-3-7(5-8)12-10(15)13-9-6-11-17-14-9/h2-6H,1H3,(H2,12,13,14,15). The van der Waals surface area contributed by atoms with Crippen molar-refractivity contribution < 1.29 is 9.53 Å². The normalized spacial score (nSPS) is 9.71. The number of carbonyl (C=O) groups excluding carboxylic acids is 1. The molecule has 88 valence electrons. The van der Waals surface area contributed by atoms with E-state index in [2.05, 4.69) is 19.4 Å². The number of nitrogens with one attached hydrogen (secondary N) is 2. The number of methoxy groups -OCH3 is 1. The zero-order valence-corrected chi connectivity index (χ0v) is 9.82. The van der Waals surface area contributed by atoms with E-state index < -0.39 is 0 Å². The SMILES string of the molecule is COc1cccc(NC(=O)Nc2cnsn2)c1. The van der Waals surface area contributed by atoms with Crippen LogP contribution in [0.1, 0.15) is 0 Å². The van der Waals surface area contributed by atoms with Gasteiger partial charge < -0.3 is 10.1 Å². The summed E-state index contributed by atoms with van der Waals surface area (Å²) in [5.74, 6) is 1.11. The molecule has 0 saturated carbocycles. The van der Waals surface area contributed by atoms with E-state index in [1.54, 1.807) is 31.4 Å². The van der Waals surface area contributed by atoms with Gasteiger partial charge in [-0.25, -0.2) is 4.79 Å². The molecule has 1 heterocycles. The van der Waals surface area contributed by atoms with E-state index in [9.17, 15) is 4.79 Å². The molecule has 1 aromatic heterocycles. The lowest BCUT2D eigenvalue weighted by molar-refractivity contribution is 0.262. The van der Waals surface area contributed by atoms with Crippen LogP contribution in [0.4, 0.5) is 16.3 Å². The summed E-state index contributed by atoms with van der Waals surface area (Å²) in [6, 6.07) is 6.71. The summed E-state index contributed by atoms with van der Waals surface area (Å²) in [6.07, 6.45) is 1.48. The van der Waals surface area contributed by atoms with E-state index in [4.69, 9.17) is 4.74 Å². The number of urea groups is 1. The van der Waals surface area contributed by atoms with Crippen molar-refractivity contribution in [2.75, 3.05) is 17.7 Å². The molecule has 0 aliphatic heterocycles. The first-order valence-corrected chi connectivity index (χ1v) is 5.50. The molecule has 0 radical (unpaired) electrons. The topological polar surface area (TPSA) is 76.1 Å². The fourth-order valence-corrected chi connectivity index (χ4v) is 1.57. The number of ether oxygens (including phenoxy) is 1. The Hall–Kier alpha value is -2.15. The summed E-state index contributed by atoms with van der Waals surface area (Å²) < 4.78 is 12.7. The molecular formula is C10H10N4O2S. The molecule has 0 aliphatic carbocycles. The molecule has 2 amide bonds. The quantitative estimate of drug-likeness (QED) is 0.875. The van der Waals surface area contributed by atoms with E-state index >= 15 is 0 Å². The zero-order valence-electron chi connectivity index (χ0n) is 9.01. The van der Waals surface area contributed by atoms with Crippen LogP contribution in [0, 0.1) is 0 Å². The molecule has 0 saturated heterocycles. The van der Waals surface area contributed by atoms with Crippen molar-refractivity contribution in [2.24, 2.45) is 0 Å². The van der Waals surface area contributed by atoms with Crippen molar-refractivity contribution in [2.45, 2.75) is 0 Å². The predicted molar refractivity (Wildman–Crippen MR) is 65.5 cm³/mol. The second kappa shape index (κ2) is 5.26. The number of aromatic nitrogens is 2. The lowest BCUT2D eigenvalue weighted by Gasteiger charge is -2.06. The summed E-state index contributed by atoms with van der Waals surface area (Å²) in [6.45, 7) is 0. The van der Waals surface area contributed by atoms with Crippen molar-refractivity contribution in [1.29, 1.82) is 0 Å². The monoisotopic (exact) mass is 250 g/mol. The average Bonchev–Trinajstić information content (AvgIpc) is 2.82. The molecule has 1 aromatic carbocycles. The van der Waals surface area contributed by atoms with E-state index in [0.29, 0.717) is 17.3 Å². The minimum absolute atomic E-state index is 0.369. The molecule has 2 aromatic rings. The summed E-state index contributed by atoms with van der Waals surface area (Å²) in [5, 5.41) is 5.22. The molecule has 0 aliphatic rings. The Labute approximate surface area is 102 Å². The highest BCUT2D eigenvalue weighted by Gasteiger charge is 2.04. The maximum absolute atomic E-state index is 11.6. The third kappa shape index (κ3) is 3.15. The fourth-order valence-electron chi connectivity index (χ4n) is 1.20. The Balaban J connectivity index is 1.98. The highest BCUT2D eigenvalue weighted by molar-refractivity contribution is 6.99. The number of amides is 2. The maximum atomic E-state index is 11.6. The van der Waals surface area contributed by atoms with E-state index in [0.717, 1.165) is 11.7 Å². The van der Waals surface area contributed by atoms with Crippen molar-refractivity contribution in [3.63, 3.8) is 0 Å². The highest BCUT2D eigenvalue weighted by atomic mass is 32.1. The largest absolute Gasteiger partial charge is 0.497 e. The number of rotatable bonds is 3. The first-order valence-electron chi connectivity index (χ1n) is 4.77. The minimum Gasteiger partial charge on any atom is -0.497 e. The molecule has 2 rings (SSSR count). The molecule has 2 N–H and O–H groups in total. The molecule has 7 heteroatoms. The van der Waals surface area contributed by atoms with Gasteiger partial charge in [-0.05, 0) is 12.1 Å². The third-order valence-corrected chi connectivity index (χ3v) is 2.41. The highest BCUT2D eigenvalue weighted by Crippen LogP contribution is 2.16. The van der Waals surface area contributed by atoms with Gasteiger partial charge in [0.1, 0.15) is 5.75 Å². The molecular weight excluding hydrogens is 240 g/mol. The third-order valence-electron chi connectivity index (χ3n) is 1.93. The number of nitrogens with zero attached hydrogens (tertiary/aromatic N) is 2. The van der Waals surface area contributed by atoms with Gasteiger partial charge in [-0.1, -0.05) is 6.07 Å². The van der Waals surface area contributed by atoms with Gasteiger partial charge in [0.25, 0.3) is 0 Å². The van der Waals surface area contributed by atoms with E-state index in [1.807, 2.05) is 0 Å². The van der Waals surface area contributed by atoms with Gasteiger partial charge in [0.05, 0.1) is 25.0 Å². The molecule has 0 unspecified atom stereocenters. The summed E-state index contributed by atoms with van der Waals surface area (Å²) in [4.78, 5) is 11.6. The average molecular weight is 250 g/mol. The molecule has 6 nitrogen and oxygen atoms in total. The van der Waals surface area contributed by atoms with Crippen LogP contribution in [0.15, 0.2) is 30.5 Å². The Morgan fingerprint density at radius 1 is 1.41 bits per heavy atom. The Morgan fingerprint density at radius 3 is 3.00 bits per heavy atom.